The Hall–Kier alpha value is -1.62. The topological polar surface area (TPSA) is 49.9 Å². The predicted molar refractivity (Wildman–Crippen MR) is 63.5 cm³/mol. The van der Waals surface area contributed by atoms with Gasteiger partial charge in [-0.2, -0.15) is 0 Å². The van der Waals surface area contributed by atoms with Crippen molar-refractivity contribution in [1.29, 1.82) is 0 Å². The Morgan fingerprint density at radius 2 is 2.41 bits per heavy atom. The van der Waals surface area contributed by atoms with Gasteiger partial charge in [0.15, 0.2) is 0 Å². The highest BCUT2D eigenvalue weighted by Crippen LogP contribution is 2.17. The smallest absolute Gasteiger partial charge is 0.201 e. The van der Waals surface area contributed by atoms with E-state index in [1.165, 1.54) is 12.1 Å². The van der Waals surface area contributed by atoms with Crippen molar-refractivity contribution >= 4 is 17.0 Å². The van der Waals surface area contributed by atoms with Gasteiger partial charge in [-0.3, -0.25) is 0 Å². The molecule has 1 fully saturated rings. The SMILES string of the molecule is Fc1ccc2nc(NC3CCCOC3)[nH]c2c1. The van der Waals surface area contributed by atoms with Gasteiger partial charge in [0.25, 0.3) is 0 Å². The highest BCUT2D eigenvalue weighted by molar-refractivity contribution is 5.77. The summed E-state index contributed by atoms with van der Waals surface area (Å²) in [6.07, 6.45) is 2.14. The Kier molecular flexibility index (Phi) is 2.68. The minimum atomic E-state index is -0.256. The number of aromatic amines is 1. The van der Waals surface area contributed by atoms with Crippen LogP contribution in [0.15, 0.2) is 18.2 Å². The van der Waals surface area contributed by atoms with Crippen LogP contribution < -0.4 is 5.32 Å². The molecule has 1 unspecified atom stereocenters. The summed E-state index contributed by atoms with van der Waals surface area (Å²) in [6, 6.07) is 4.82. The van der Waals surface area contributed by atoms with Gasteiger partial charge in [0.2, 0.25) is 5.95 Å². The molecule has 2 aromatic rings. The second-order valence-electron chi connectivity index (χ2n) is 4.31. The quantitative estimate of drug-likeness (QED) is 0.839. The van der Waals surface area contributed by atoms with E-state index in [1.54, 1.807) is 6.07 Å². The fourth-order valence-corrected chi connectivity index (χ4v) is 2.10. The van der Waals surface area contributed by atoms with Gasteiger partial charge in [-0.25, -0.2) is 9.37 Å². The molecule has 2 N–H and O–H groups in total. The summed E-state index contributed by atoms with van der Waals surface area (Å²) in [6.45, 7) is 1.54. The van der Waals surface area contributed by atoms with Gasteiger partial charge in [-0.15, -0.1) is 0 Å². The van der Waals surface area contributed by atoms with Crippen molar-refractivity contribution in [2.24, 2.45) is 0 Å². The van der Waals surface area contributed by atoms with Crippen molar-refractivity contribution in [1.82, 2.24) is 9.97 Å². The largest absolute Gasteiger partial charge is 0.379 e. The highest BCUT2D eigenvalue weighted by atomic mass is 19.1. The second-order valence-corrected chi connectivity index (χ2v) is 4.31. The lowest BCUT2D eigenvalue weighted by Crippen LogP contribution is -2.30. The monoisotopic (exact) mass is 235 g/mol. The molecule has 1 atom stereocenters. The first-order valence-corrected chi connectivity index (χ1v) is 5.81. The number of hydrogen-bond acceptors (Lipinski definition) is 3. The minimum Gasteiger partial charge on any atom is -0.379 e. The molecule has 17 heavy (non-hydrogen) atoms. The third-order valence-corrected chi connectivity index (χ3v) is 2.95. The van der Waals surface area contributed by atoms with E-state index in [4.69, 9.17) is 4.74 Å². The summed E-state index contributed by atoms with van der Waals surface area (Å²) in [5.74, 6) is 0.426. The fraction of sp³-hybridized carbons (Fsp3) is 0.417. The molecule has 0 bridgehead atoms. The van der Waals surface area contributed by atoms with Gasteiger partial charge < -0.3 is 15.0 Å². The molecule has 2 heterocycles. The molecule has 1 aromatic heterocycles. The van der Waals surface area contributed by atoms with Crippen LogP contribution in [0.4, 0.5) is 10.3 Å². The fourth-order valence-electron chi connectivity index (χ4n) is 2.10. The summed E-state index contributed by atoms with van der Waals surface area (Å²) >= 11 is 0. The van der Waals surface area contributed by atoms with Gasteiger partial charge in [0.1, 0.15) is 5.82 Å². The Morgan fingerprint density at radius 1 is 1.47 bits per heavy atom. The average molecular weight is 235 g/mol. The lowest BCUT2D eigenvalue weighted by atomic mass is 10.1. The first kappa shape index (κ1) is 10.5. The molecule has 1 aromatic carbocycles. The van der Waals surface area contributed by atoms with E-state index in [0.29, 0.717) is 18.1 Å². The molecule has 0 saturated carbocycles. The number of halogens is 1. The summed E-state index contributed by atoms with van der Waals surface area (Å²) < 4.78 is 18.4. The standard InChI is InChI=1S/C12H14FN3O/c13-8-3-4-10-11(6-8)16-12(15-10)14-9-2-1-5-17-7-9/h3-4,6,9H,1-2,5,7H2,(H2,14,15,16). The van der Waals surface area contributed by atoms with Gasteiger partial charge in [-0.1, -0.05) is 0 Å². The van der Waals surface area contributed by atoms with Crippen LogP contribution in [-0.2, 0) is 4.74 Å². The summed E-state index contributed by atoms with van der Waals surface area (Å²) in [4.78, 5) is 7.42. The number of benzene rings is 1. The van der Waals surface area contributed by atoms with Gasteiger partial charge in [0.05, 0.1) is 23.7 Å². The number of fused-ring (bicyclic) bond motifs is 1. The van der Waals surface area contributed by atoms with E-state index >= 15 is 0 Å². The Balaban J connectivity index is 1.80. The average Bonchev–Trinajstić information content (AvgIpc) is 2.71. The summed E-state index contributed by atoms with van der Waals surface area (Å²) in [5, 5.41) is 3.28. The number of imidazole rings is 1. The molecular formula is C12H14FN3O. The molecule has 0 aliphatic carbocycles. The molecule has 90 valence electrons. The molecule has 1 saturated heterocycles. The van der Waals surface area contributed by atoms with Gasteiger partial charge >= 0.3 is 0 Å². The van der Waals surface area contributed by atoms with Gasteiger partial charge in [0, 0.05) is 6.61 Å². The molecular weight excluding hydrogens is 221 g/mol. The number of ether oxygens (including phenoxy) is 1. The van der Waals surface area contributed by atoms with E-state index in [9.17, 15) is 4.39 Å². The summed E-state index contributed by atoms with van der Waals surface area (Å²) in [7, 11) is 0. The van der Waals surface area contributed by atoms with E-state index in [2.05, 4.69) is 15.3 Å². The minimum absolute atomic E-state index is 0.256. The number of hydrogen-bond donors (Lipinski definition) is 2. The lowest BCUT2D eigenvalue weighted by molar-refractivity contribution is 0.0874. The predicted octanol–water partition coefficient (Wildman–Crippen LogP) is 2.29. The lowest BCUT2D eigenvalue weighted by Gasteiger charge is -2.22. The zero-order chi connectivity index (χ0) is 11.7. The third-order valence-electron chi connectivity index (χ3n) is 2.95. The third kappa shape index (κ3) is 2.24. The Morgan fingerprint density at radius 3 is 3.24 bits per heavy atom. The molecule has 5 heteroatoms. The van der Waals surface area contributed by atoms with Crippen LogP contribution in [0.25, 0.3) is 11.0 Å². The second kappa shape index (κ2) is 4.33. The first-order chi connectivity index (χ1) is 8.31. The molecule has 0 amide bonds. The van der Waals surface area contributed by atoms with Crippen LogP contribution in [-0.4, -0.2) is 29.2 Å². The van der Waals surface area contributed by atoms with Crippen molar-refractivity contribution in [3.05, 3.63) is 24.0 Å². The van der Waals surface area contributed by atoms with Crippen LogP contribution in [0.3, 0.4) is 0 Å². The van der Waals surface area contributed by atoms with Crippen molar-refractivity contribution in [2.75, 3.05) is 18.5 Å². The number of anilines is 1. The maximum Gasteiger partial charge on any atom is 0.201 e. The van der Waals surface area contributed by atoms with Crippen LogP contribution in [0.5, 0.6) is 0 Å². The summed E-state index contributed by atoms with van der Waals surface area (Å²) in [5.41, 5.74) is 1.48. The van der Waals surface area contributed by atoms with Crippen molar-refractivity contribution in [3.63, 3.8) is 0 Å². The number of rotatable bonds is 2. The highest BCUT2D eigenvalue weighted by Gasteiger charge is 2.15. The Labute approximate surface area is 98.2 Å². The van der Waals surface area contributed by atoms with Crippen LogP contribution in [0, 0.1) is 5.82 Å². The maximum absolute atomic E-state index is 13.0. The van der Waals surface area contributed by atoms with E-state index < -0.39 is 0 Å². The van der Waals surface area contributed by atoms with E-state index in [0.717, 1.165) is 25.0 Å². The Bertz CT molecular complexity index is 519. The van der Waals surface area contributed by atoms with Crippen molar-refractivity contribution in [2.45, 2.75) is 18.9 Å². The zero-order valence-corrected chi connectivity index (χ0v) is 9.37. The molecule has 0 spiro atoms. The van der Waals surface area contributed by atoms with E-state index in [1.807, 2.05) is 0 Å². The van der Waals surface area contributed by atoms with E-state index in [-0.39, 0.29) is 11.9 Å². The number of nitrogens with one attached hydrogen (secondary N) is 2. The zero-order valence-electron chi connectivity index (χ0n) is 9.37. The molecule has 3 rings (SSSR count). The van der Waals surface area contributed by atoms with Crippen LogP contribution >= 0.6 is 0 Å². The molecule has 1 aliphatic heterocycles. The number of H-pyrrole nitrogens is 1. The molecule has 4 nitrogen and oxygen atoms in total. The molecule has 0 radical (unpaired) electrons. The van der Waals surface area contributed by atoms with Crippen molar-refractivity contribution in [3.8, 4) is 0 Å². The number of aromatic nitrogens is 2. The van der Waals surface area contributed by atoms with Crippen LogP contribution in [0.2, 0.25) is 0 Å². The maximum atomic E-state index is 13.0. The van der Waals surface area contributed by atoms with Gasteiger partial charge in [-0.05, 0) is 31.0 Å². The first-order valence-electron chi connectivity index (χ1n) is 5.81. The van der Waals surface area contributed by atoms with Crippen LogP contribution in [0.1, 0.15) is 12.8 Å². The number of nitrogens with zero attached hydrogens (tertiary/aromatic N) is 1. The van der Waals surface area contributed by atoms with Crippen molar-refractivity contribution < 1.29 is 9.13 Å². The molecule has 1 aliphatic rings. The normalized spacial score (nSPS) is 20.6.